The van der Waals surface area contributed by atoms with Gasteiger partial charge in [-0.1, -0.05) is 34.1 Å². The van der Waals surface area contributed by atoms with Gasteiger partial charge in [0.05, 0.1) is 24.3 Å². The van der Waals surface area contributed by atoms with Crippen LogP contribution in [0.3, 0.4) is 0 Å². The Morgan fingerprint density at radius 2 is 1.68 bits per heavy atom. The molecule has 0 aromatic carbocycles. The van der Waals surface area contributed by atoms with Gasteiger partial charge < -0.3 is 25.2 Å². The molecule has 0 aliphatic heterocycles. The Balaban J connectivity index is 6.48. The zero-order valence-electron chi connectivity index (χ0n) is 21.8. The van der Waals surface area contributed by atoms with Crippen molar-refractivity contribution in [3.8, 4) is 0 Å². The number of β-amino-alcohol motifs (C(OH)–C–C–N with tert-alkyl or cyclic N) is 1. The Bertz CT molecular complexity index is 598. The maximum atomic E-state index is 14.0. The predicted octanol–water partition coefficient (Wildman–Crippen LogP) is 1.08. The number of carbonyl (C=O) groups is 3. The van der Waals surface area contributed by atoms with Crippen molar-refractivity contribution in [2.75, 3.05) is 27.7 Å². The van der Waals surface area contributed by atoms with Gasteiger partial charge in [-0.2, -0.15) is 0 Å². The van der Waals surface area contributed by atoms with Gasteiger partial charge in [-0.15, -0.1) is 0 Å². The molecule has 8 heteroatoms. The highest BCUT2D eigenvalue weighted by Crippen LogP contribution is 2.28. The third kappa shape index (κ3) is 7.63. The van der Waals surface area contributed by atoms with Crippen LogP contribution in [0.1, 0.15) is 62.2 Å². The molecule has 0 bridgehead atoms. The van der Waals surface area contributed by atoms with Crippen LogP contribution in [0.2, 0.25) is 0 Å². The molecule has 0 aromatic rings. The van der Waals surface area contributed by atoms with E-state index in [0.29, 0.717) is 6.29 Å². The molecule has 0 rings (SSSR count). The number of rotatable bonds is 15. The van der Waals surface area contributed by atoms with Gasteiger partial charge in [-0.3, -0.25) is 14.5 Å². The van der Waals surface area contributed by atoms with Gasteiger partial charge in [0.2, 0.25) is 5.91 Å². The summed E-state index contributed by atoms with van der Waals surface area (Å²) in [7, 11) is 4.76. The minimum absolute atomic E-state index is 0.0197. The number of Topliss-reactive ketones (excluding diaryl/α,β-unsaturated/α-hetero) is 1. The van der Waals surface area contributed by atoms with Crippen LogP contribution in [0.25, 0.3) is 0 Å². The van der Waals surface area contributed by atoms with E-state index in [1.165, 1.54) is 30.7 Å². The summed E-state index contributed by atoms with van der Waals surface area (Å²) in [4.78, 5) is 42.6. The van der Waals surface area contributed by atoms with Gasteiger partial charge in [0.1, 0.15) is 11.8 Å². The van der Waals surface area contributed by atoms with Crippen LogP contribution >= 0.6 is 0 Å². The van der Waals surface area contributed by atoms with Gasteiger partial charge >= 0.3 is 0 Å². The van der Waals surface area contributed by atoms with Crippen LogP contribution in [-0.4, -0.2) is 95.5 Å². The number of nitrogens with one attached hydrogen (secondary N) is 1. The molecule has 0 aliphatic carbocycles. The Labute approximate surface area is 189 Å². The van der Waals surface area contributed by atoms with Gasteiger partial charge in [-0.25, -0.2) is 0 Å². The average molecular weight is 445 g/mol. The van der Waals surface area contributed by atoms with Crippen molar-refractivity contribution in [3.63, 3.8) is 0 Å². The number of ketones is 1. The van der Waals surface area contributed by atoms with Crippen LogP contribution in [0.5, 0.6) is 0 Å². The Morgan fingerprint density at radius 3 is 2.03 bits per heavy atom. The summed E-state index contributed by atoms with van der Waals surface area (Å²) in [5.74, 6) is -1.14. The Kier molecular flexibility index (Phi) is 11.8. The number of carbonyl (C=O) groups excluding carboxylic acids is 3. The first-order valence-corrected chi connectivity index (χ1v) is 11.2. The van der Waals surface area contributed by atoms with Gasteiger partial charge in [0.25, 0.3) is 0 Å². The molecule has 0 aliphatic rings. The summed E-state index contributed by atoms with van der Waals surface area (Å²) in [6.45, 7) is 10.5. The van der Waals surface area contributed by atoms with Crippen LogP contribution in [0, 0.1) is 11.8 Å². The lowest BCUT2D eigenvalue weighted by atomic mass is 9.79. The maximum absolute atomic E-state index is 14.0. The molecule has 3 N–H and O–H groups in total. The number of aliphatic hydroxyl groups excluding tert-OH is 2. The molecule has 0 aromatic heterocycles. The topological polar surface area (TPSA) is 110 Å². The van der Waals surface area contributed by atoms with E-state index in [2.05, 4.69) is 5.32 Å². The molecule has 7 atom stereocenters. The number of aliphatic hydroxyl groups is 2. The molecule has 0 fully saturated rings. The summed E-state index contributed by atoms with van der Waals surface area (Å²) in [6, 6.07) is -1.46. The van der Waals surface area contributed by atoms with E-state index in [-0.39, 0.29) is 30.7 Å². The monoisotopic (exact) mass is 444 g/mol. The van der Waals surface area contributed by atoms with Gasteiger partial charge in [0.15, 0.2) is 5.78 Å². The fourth-order valence-corrected chi connectivity index (χ4v) is 3.94. The molecule has 0 saturated carbocycles. The number of amides is 1. The number of hydrogen-bond donors (Lipinski definition) is 3. The highest BCUT2D eigenvalue weighted by Gasteiger charge is 2.48. The molecule has 3 unspecified atom stereocenters. The van der Waals surface area contributed by atoms with E-state index in [9.17, 15) is 24.6 Å². The highest BCUT2D eigenvalue weighted by atomic mass is 16.3. The molecule has 1 amide bonds. The fourth-order valence-electron chi connectivity index (χ4n) is 3.94. The largest absolute Gasteiger partial charge is 0.393 e. The van der Waals surface area contributed by atoms with E-state index >= 15 is 0 Å². The normalized spacial score (nSPS) is 20.2. The number of likely N-dealkylation sites (N-methyl/N-ethyl adjacent to an activating group) is 3. The lowest BCUT2D eigenvalue weighted by Gasteiger charge is -2.43. The SMILES string of the molecule is [2H]C(CC(C)O)[C@](C=O)(C(=O)[C@H](C(C)C)N(C)C(=O)[C@@H](NC)[C@@H](C)CC)N(C)CC(C)O. The van der Waals surface area contributed by atoms with Gasteiger partial charge in [0, 0.05) is 15.0 Å². The third-order valence-electron chi connectivity index (χ3n) is 5.97. The molecule has 0 spiro atoms. The summed E-state index contributed by atoms with van der Waals surface area (Å²) < 4.78 is 8.66. The quantitative estimate of drug-likeness (QED) is 0.256. The molecule has 31 heavy (non-hydrogen) atoms. The molecule has 182 valence electrons. The zero-order chi connectivity index (χ0) is 25.4. The van der Waals surface area contributed by atoms with Crippen LogP contribution in [0.4, 0.5) is 0 Å². The molecule has 8 nitrogen and oxygen atoms in total. The van der Waals surface area contributed by atoms with Crippen molar-refractivity contribution in [2.24, 2.45) is 11.8 Å². The van der Waals surface area contributed by atoms with Crippen LogP contribution in [-0.2, 0) is 14.4 Å². The first-order chi connectivity index (χ1) is 14.7. The minimum atomic E-state index is -1.93. The molecule has 0 radical (unpaired) electrons. The third-order valence-corrected chi connectivity index (χ3v) is 5.97. The van der Waals surface area contributed by atoms with Crippen molar-refractivity contribution in [2.45, 2.75) is 90.6 Å². The van der Waals surface area contributed by atoms with Crippen molar-refractivity contribution in [3.05, 3.63) is 0 Å². The van der Waals surface area contributed by atoms with E-state index in [0.717, 1.165) is 6.42 Å². The number of aldehydes is 1. The summed E-state index contributed by atoms with van der Waals surface area (Å²) in [6.07, 6.45) is -1.93. The Morgan fingerprint density at radius 1 is 1.13 bits per heavy atom. The fraction of sp³-hybridized carbons (Fsp3) is 0.870. The van der Waals surface area contributed by atoms with Crippen molar-refractivity contribution in [1.29, 1.82) is 0 Å². The minimum Gasteiger partial charge on any atom is -0.393 e. The second kappa shape index (κ2) is 13.3. The van der Waals surface area contributed by atoms with Crippen molar-refractivity contribution >= 4 is 18.0 Å². The smallest absolute Gasteiger partial charge is 0.240 e. The first kappa shape index (κ1) is 27.7. The average Bonchev–Trinajstić information content (AvgIpc) is 2.67. The summed E-state index contributed by atoms with van der Waals surface area (Å²) in [5, 5.41) is 22.8. The lowest BCUT2D eigenvalue weighted by Crippen LogP contribution is -2.64. The zero-order valence-corrected chi connectivity index (χ0v) is 20.8. The molecular weight excluding hydrogens is 398 g/mol. The van der Waals surface area contributed by atoms with Crippen molar-refractivity contribution < 1.29 is 26.0 Å². The van der Waals surface area contributed by atoms with Crippen molar-refractivity contribution in [1.82, 2.24) is 15.1 Å². The molecule has 0 heterocycles. The lowest BCUT2D eigenvalue weighted by molar-refractivity contribution is -0.150. The van der Waals surface area contributed by atoms with Gasteiger partial charge in [-0.05, 0) is 52.6 Å². The first-order valence-electron chi connectivity index (χ1n) is 11.7. The van der Waals surface area contributed by atoms with Crippen LogP contribution < -0.4 is 5.32 Å². The predicted molar refractivity (Wildman–Crippen MR) is 123 cm³/mol. The van der Waals surface area contributed by atoms with Crippen LogP contribution in [0.15, 0.2) is 0 Å². The maximum Gasteiger partial charge on any atom is 0.240 e. The van der Waals surface area contributed by atoms with E-state index in [1.807, 2.05) is 13.8 Å². The number of nitrogens with zero attached hydrogens (tertiary/aromatic N) is 2. The van der Waals surface area contributed by atoms with E-state index < -0.39 is 42.0 Å². The summed E-state index contributed by atoms with van der Waals surface area (Å²) in [5.41, 5.74) is -1.93. The summed E-state index contributed by atoms with van der Waals surface area (Å²) >= 11 is 0. The Hall–Kier alpha value is -1.35. The van der Waals surface area contributed by atoms with E-state index in [4.69, 9.17) is 1.37 Å². The standard InChI is InChI=1S/C23H45N3O5/c1-10-16(4)19(24-7)22(31)26(9)20(15(2)3)21(30)23(14-27,12-11-17(5)28)25(8)13-18(6)29/h14-20,24,28-29H,10-13H2,1-9H3/t16-,17?,18?,19-,20-,23-/m0/s1/i12D/t12?,16-,17?,18?,19-,20-,23-. The molecule has 0 saturated heterocycles. The number of hydrogen-bond acceptors (Lipinski definition) is 7. The highest BCUT2D eigenvalue weighted by molar-refractivity contribution is 6.07. The molecular formula is C23H45N3O5. The van der Waals surface area contributed by atoms with E-state index in [1.54, 1.807) is 27.9 Å². The second-order valence-corrected chi connectivity index (χ2v) is 9.12. The second-order valence-electron chi connectivity index (χ2n) is 9.12.